The molecule has 0 saturated heterocycles. The summed E-state index contributed by atoms with van der Waals surface area (Å²) in [5.74, 6) is 0. The molecule has 1 rings (SSSR count). The number of aryl methyl sites for hydroxylation is 2. The van der Waals surface area contributed by atoms with Gasteiger partial charge in [-0.2, -0.15) is 5.10 Å². The average Bonchev–Trinajstić information content (AvgIpc) is 1.98. The van der Waals surface area contributed by atoms with Crippen molar-refractivity contribution in [1.82, 2.24) is 9.78 Å². The maximum atomic E-state index is 5.79. The minimum absolute atomic E-state index is 0.716. The van der Waals surface area contributed by atoms with Gasteiger partial charge < -0.3 is 0 Å². The van der Waals surface area contributed by atoms with Crippen LogP contribution in [0.2, 0.25) is 5.15 Å². The van der Waals surface area contributed by atoms with E-state index in [1.165, 1.54) is 0 Å². The van der Waals surface area contributed by atoms with Gasteiger partial charge in [-0.15, -0.1) is 0 Å². The molecular weight excluding hydrogens is 250 g/mol. The van der Waals surface area contributed by atoms with Gasteiger partial charge in [0.1, 0.15) is 5.15 Å². The van der Waals surface area contributed by atoms with Gasteiger partial charge in [-0.1, -0.05) is 11.6 Å². The van der Waals surface area contributed by atoms with Crippen molar-refractivity contribution in [3.8, 4) is 0 Å². The van der Waals surface area contributed by atoms with Crippen LogP contribution < -0.4 is 0 Å². The fraction of sp³-hybridized carbons (Fsp3) is 0.400. The number of nitrogens with zero attached hydrogens (tertiary/aromatic N) is 2. The molecular formula is C5H6ClIN2. The lowest BCUT2D eigenvalue weighted by Gasteiger charge is -1.86. The Balaban J connectivity index is 3.29. The Bertz CT molecular complexity index is 209. The van der Waals surface area contributed by atoms with E-state index in [1.807, 2.05) is 14.0 Å². The van der Waals surface area contributed by atoms with Gasteiger partial charge in [-0.3, -0.25) is 4.68 Å². The molecule has 1 aromatic rings. The van der Waals surface area contributed by atoms with Crippen molar-refractivity contribution in [2.24, 2.45) is 7.05 Å². The fourth-order valence-corrected chi connectivity index (χ4v) is 1.24. The van der Waals surface area contributed by atoms with E-state index in [0.717, 1.165) is 9.26 Å². The molecule has 0 aliphatic rings. The molecule has 50 valence electrons. The normalized spacial score (nSPS) is 10.2. The Morgan fingerprint density at radius 1 is 1.67 bits per heavy atom. The van der Waals surface area contributed by atoms with Crippen LogP contribution in [0.4, 0.5) is 0 Å². The van der Waals surface area contributed by atoms with Gasteiger partial charge in [0.25, 0.3) is 0 Å². The molecule has 4 heteroatoms. The van der Waals surface area contributed by atoms with Crippen molar-refractivity contribution in [3.05, 3.63) is 14.4 Å². The number of hydrogen-bond acceptors (Lipinski definition) is 1. The summed E-state index contributed by atoms with van der Waals surface area (Å²) in [5.41, 5.74) is 0.989. The van der Waals surface area contributed by atoms with E-state index in [1.54, 1.807) is 4.68 Å². The van der Waals surface area contributed by atoms with Crippen LogP contribution in [-0.2, 0) is 7.05 Å². The first-order valence-corrected chi connectivity index (χ1v) is 3.93. The zero-order valence-corrected chi connectivity index (χ0v) is 8.06. The molecule has 0 fully saturated rings. The highest BCUT2D eigenvalue weighted by Crippen LogP contribution is 2.19. The van der Waals surface area contributed by atoms with Gasteiger partial charge in [0.05, 0.1) is 9.26 Å². The van der Waals surface area contributed by atoms with Crippen molar-refractivity contribution in [3.63, 3.8) is 0 Å². The summed E-state index contributed by atoms with van der Waals surface area (Å²) in [6.45, 7) is 1.94. The number of halogens is 2. The van der Waals surface area contributed by atoms with Gasteiger partial charge in [0.2, 0.25) is 0 Å². The molecule has 0 aliphatic heterocycles. The van der Waals surface area contributed by atoms with Gasteiger partial charge in [0.15, 0.2) is 0 Å². The molecule has 1 heterocycles. The lowest BCUT2D eigenvalue weighted by molar-refractivity contribution is 0.757. The lowest BCUT2D eigenvalue weighted by atomic mass is 10.5. The highest BCUT2D eigenvalue weighted by molar-refractivity contribution is 14.1. The third kappa shape index (κ3) is 1.21. The quantitative estimate of drug-likeness (QED) is 0.649. The second kappa shape index (κ2) is 2.46. The summed E-state index contributed by atoms with van der Waals surface area (Å²) in [7, 11) is 1.83. The van der Waals surface area contributed by atoms with E-state index in [4.69, 9.17) is 11.6 Å². The maximum absolute atomic E-state index is 5.79. The van der Waals surface area contributed by atoms with Crippen LogP contribution >= 0.6 is 34.2 Å². The Morgan fingerprint density at radius 2 is 2.22 bits per heavy atom. The van der Waals surface area contributed by atoms with E-state index in [2.05, 4.69) is 27.7 Å². The topological polar surface area (TPSA) is 17.8 Å². The zero-order chi connectivity index (χ0) is 7.02. The Labute approximate surface area is 72.3 Å². The van der Waals surface area contributed by atoms with Crippen molar-refractivity contribution in [1.29, 1.82) is 0 Å². The molecule has 0 atom stereocenters. The van der Waals surface area contributed by atoms with Gasteiger partial charge >= 0.3 is 0 Å². The van der Waals surface area contributed by atoms with Crippen LogP contribution in [0.3, 0.4) is 0 Å². The molecule has 2 nitrogen and oxygen atoms in total. The molecule has 0 aromatic carbocycles. The van der Waals surface area contributed by atoms with Crippen molar-refractivity contribution < 1.29 is 0 Å². The third-order valence-electron chi connectivity index (χ3n) is 1.08. The van der Waals surface area contributed by atoms with Gasteiger partial charge in [0, 0.05) is 7.05 Å². The first-order chi connectivity index (χ1) is 4.13. The minimum Gasteiger partial charge on any atom is -0.256 e. The van der Waals surface area contributed by atoms with Crippen molar-refractivity contribution in [2.45, 2.75) is 6.92 Å². The molecule has 1 aromatic heterocycles. The number of rotatable bonds is 0. The lowest BCUT2D eigenvalue weighted by Crippen LogP contribution is -1.88. The summed E-state index contributed by atoms with van der Waals surface area (Å²) in [6.07, 6.45) is 0. The minimum atomic E-state index is 0.716. The van der Waals surface area contributed by atoms with Gasteiger partial charge in [-0.25, -0.2) is 0 Å². The summed E-state index contributed by atoms with van der Waals surface area (Å²) in [4.78, 5) is 0. The third-order valence-corrected chi connectivity index (χ3v) is 3.13. The predicted octanol–water partition coefficient (Wildman–Crippen LogP) is 1.99. The summed E-state index contributed by atoms with van der Waals surface area (Å²) in [5, 5.41) is 4.80. The molecule has 0 saturated carbocycles. The Kier molecular flexibility index (Phi) is 2.00. The number of hydrogen-bond donors (Lipinski definition) is 0. The first kappa shape index (κ1) is 7.34. The average molecular weight is 256 g/mol. The highest BCUT2D eigenvalue weighted by Gasteiger charge is 2.05. The summed E-state index contributed by atoms with van der Waals surface area (Å²) < 4.78 is 2.70. The molecule has 0 aliphatic carbocycles. The molecule has 0 radical (unpaired) electrons. The van der Waals surface area contributed by atoms with Crippen LogP contribution in [-0.4, -0.2) is 9.78 Å². The zero-order valence-electron chi connectivity index (χ0n) is 5.15. The van der Waals surface area contributed by atoms with Crippen molar-refractivity contribution in [2.75, 3.05) is 0 Å². The smallest absolute Gasteiger partial charge is 0.140 e. The second-order valence-electron chi connectivity index (χ2n) is 1.81. The Morgan fingerprint density at radius 3 is 2.33 bits per heavy atom. The van der Waals surface area contributed by atoms with E-state index in [-0.39, 0.29) is 0 Å². The van der Waals surface area contributed by atoms with Gasteiger partial charge in [-0.05, 0) is 29.5 Å². The number of aromatic nitrogens is 2. The summed E-state index contributed by atoms with van der Waals surface area (Å²) in [6, 6.07) is 0. The van der Waals surface area contributed by atoms with E-state index in [0.29, 0.717) is 5.15 Å². The molecule has 9 heavy (non-hydrogen) atoms. The highest BCUT2D eigenvalue weighted by atomic mass is 127. The molecule has 0 bridgehead atoms. The monoisotopic (exact) mass is 256 g/mol. The van der Waals surface area contributed by atoms with E-state index in [9.17, 15) is 0 Å². The van der Waals surface area contributed by atoms with Crippen LogP contribution in [0.15, 0.2) is 0 Å². The van der Waals surface area contributed by atoms with Crippen LogP contribution in [0.5, 0.6) is 0 Å². The fourth-order valence-electron chi connectivity index (χ4n) is 0.604. The SMILES string of the molecule is Cc1nn(C)c(Cl)c1I. The predicted molar refractivity (Wildman–Crippen MR) is 45.7 cm³/mol. The molecule has 0 unspecified atom stereocenters. The Hall–Kier alpha value is 0.230. The molecule has 0 spiro atoms. The van der Waals surface area contributed by atoms with Crippen LogP contribution in [0.25, 0.3) is 0 Å². The standard InChI is InChI=1S/C5H6ClIN2/c1-3-4(7)5(6)9(2)8-3/h1-2H3. The largest absolute Gasteiger partial charge is 0.256 e. The van der Waals surface area contributed by atoms with E-state index >= 15 is 0 Å². The molecule has 0 amide bonds. The van der Waals surface area contributed by atoms with Crippen LogP contribution in [0.1, 0.15) is 5.69 Å². The first-order valence-electron chi connectivity index (χ1n) is 2.47. The molecule has 0 N–H and O–H groups in total. The van der Waals surface area contributed by atoms with Crippen molar-refractivity contribution >= 4 is 34.2 Å². The second-order valence-corrected chi connectivity index (χ2v) is 3.25. The maximum Gasteiger partial charge on any atom is 0.140 e. The summed E-state index contributed by atoms with van der Waals surface area (Å²) >= 11 is 7.97. The van der Waals surface area contributed by atoms with Crippen LogP contribution in [0, 0.1) is 10.5 Å². The van der Waals surface area contributed by atoms with E-state index < -0.39 is 0 Å².